The number of imidazole rings is 1. The van der Waals surface area contributed by atoms with Gasteiger partial charge in [0.1, 0.15) is 12.2 Å². The Bertz CT molecular complexity index is 1320. The van der Waals surface area contributed by atoms with Gasteiger partial charge in [-0.15, -0.1) is 0 Å². The van der Waals surface area contributed by atoms with Gasteiger partial charge in [-0.05, 0) is 23.7 Å². The van der Waals surface area contributed by atoms with Gasteiger partial charge >= 0.3 is 0 Å². The van der Waals surface area contributed by atoms with Crippen LogP contribution in [0.5, 0.6) is 0 Å². The number of benzene rings is 1. The number of fused-ring (bicyclic) bond motifs is 1. The highest BCUT2D eigenvalue weighted by Crippen LogP contribution is 2.42. The van der Waals surface area contributed by atoms with Crippen LogP contribution in [0, 0.1) is 0 Å². The van der Waals surface area contributed by atoms with Gasteiger partial charge in [0.25, 0.3) is 5.56 Å². The number of aliphatic imine (C=N–C) groups is 1. The second-order valence-electron chi connectivity index (χ2n) is 11.4. The standard InChI is InChI=1S/C26H39N7O4Si/c1-26(2,3)38(6,7)37-21-19(27-13-17-11-9-8-10-12-17)18(14-34)36-24(21)33-16-28-20-22(33)30-25(31-23(20)35)29-15-32(4)5/h8-12,15-16,18-19,21,24,27,34H,13-14H2,1-7H3,(H,30,31,35)/t18-,19-,21-,24-/m1/s1. The molecule has 0 amide bonds. The summed E-state index contributed by atoms with van der Waals surface area (Å²) in [6.45, 7) is 11.3. The van der Waals surface area contributed by atoms with Crippen LogP contribution < -0.4 is 10.9 Å². The van der Waals surface area contributed by atoms with Crippen molar-refractivity contribution in [2.45, 2.75) is 69.9 Å². The van der Waals surface area contributed by atoms with Crippen LogP contribution in [-0.4, -0.2) is 83.1 Å². The molecule has 3 N–H and O–H groups in total. The summed E-state index contributed by atoms with van der Waals surface area (Å²) in [5.41, 5.74) is 1.25. The second kappa shape index (κ2) is 11.1. The molecule has 1 fully saturated rings. The van der Waals surface area contributed by atoms with Crippen molar-refractivity contribution in [2.24, 2.45) is 4.99 Å². The van der Waals surface area contributed by atoms with E-state index in [-0.39, 0.29) is 29.2 Å². The minimum atomic E-state index is -2.28. The lowest BCUT2D eigenvalue weighted by Crippen LogP contribution is -2.53. The molecule has 0 spiro atoms. The monoisotopic (exact) mass is 541 g/mol. The molecule has 4 rings (SSSR count). The summed E-state index contributed by atoms with van der Waals surface area (Å²) in [6, 6.07) is 9.75. The largest absolute Gasteiger partial charge is 0.408 e. The van der Waals surface area contributed by atoms with E-state index in [0.717, 1.165) is 5.56 Å². The zero-order chi connectivity index (χ0) is 27.7. The average Bonchev–Trinajstić information content (AvgIpc) is 3.42. The fourth-order valence-corrected chi connectivity index (χ4v) is 5.47. The summed E-state index contributed by atoms with van der Waals surface area (Å²) in [5, 5.41) is 13.8. The highest BCUT2D eigenvalue weighted by atomic mass is 28.4. The van der Waals surface area contributed by atoms with E-state index >= 15 is 0 Å². The predicted octanol–water partition coefficient (Wildman–Crippen LogP) is 2.78. The first-order chi connectivity index (χ1) is 17.9. The van der Waals surface area contributed by atoms with E-state index in [2.05, 4.69) is 59.1 Å². The van der Waals surface area contributed by atoms with Crippen molar-refractivity contribution in [1.29, 1.82) is 0 Å². The van der Waals surface area contributed by atoms with Crippen molar-refractivity contribution in [3.05, 3.63) is 52.6 Å². The molecule has 2 aromatic heterocycles. The number of aliphatic hydroxyl groups excluding tert-OH is 1. The van der Waals surface area contributed by atoms with Crippen molar-refractivity contribution in [2.75, 3.05) is 20.7 Å². The van der Waals surface area contributed by atoms with Gasteiger partial charge in [-0.25, -0.2) is 9.98 Å². The first-order valence-corrected chi connectivity index (χ1v) is 15.7. The first kappa shape index (κ1) is 28.1. The molecule has 0 bridgehead atoms. The highest BCUT2D eigenvalue weighted by Gasteiger charge is 2.51. The van der Waals surface area contributed by atoms with Crippen molar-refractivity contribution < 1.29 is 14.3 Å². The van der Waals surface area contributed by atoms with Crippen molar-refractivity contribution in [3.8, 4) is 0 Å². The number of aliphatic hydroxyl groups is 1. The molecule has 3 heterocycles. The molecule has 0 saturated carbocycles. The van der Waals surface area contributed by atoms with Crippen LogP contribution >= 0.6 is 0 Å². The lowest BCUT2D eigenvalue weighted by molar-refractivity contribution is -0.0464. The quantitative estimate of drug-likeness (QED) is 0.214. The zero-order valence-electron chi connectivity index (χ0n) is 23.2. The van der Waals surface area contributed by atoms with Gasteiger partial charge in [-0.1, -0.05) is 51.1 Å². The van der Waals surface area contributed by atoms with Gasteiger partial charge in [-0.3, -0.25) is 14.3 Å². The van der Waals surface area contributed by atoms with Crippen molar-refractivity contribution in [1.82, 2.24) is 29.7 Å². The summed E-state index contributed by atoms with van der Waals surface area (Å²) in [5.74, 6) is 0.162. The van der Waals surface area contributed by atoms with E-state index in [4.69, 9.17) is 9.16 Å². The SMILES string of the molecule is CN(C)C=Nc1nc2c(ncn2[C@@H]2O[C@H](CO)[C@@H](NCc3ccccc3)[C@H]2O[Si](C)(C)C(C)(C)C)c(=O)[nH]1. The number of ether oxygens (including phenoxy) is 1. The summed E-state index contributed by atoms with van der Waals surface area (Å²) in [6.07, 6.45) is 1.44. The summed E-state index contributed by atoms with van der Waals surface area (Å²) in [4.78, 5) is 30.4. The zero-order valence-corrected chi connectivity index (χ0v) is 24.2. The van der Waals surface area contributed by atoms with E-state index in [1.807, 2.05) is 44.4 Å². The van der Waals surface area contributed by atoms with Crippen molar-refractivity contribution in [3.63, 3.8) is 0 Å². The molecule has 38 heavy (non-hydrogen) atoms. The molecule has 1 aliphatic heterocycles. The average molecular weight is 542 g/mol. The maximum Gasteiger partial charge on any atom is 0.280 e. The van der Waals surface area contributed by atoms with Crippen LogP contribution in [0.2, 0.25) is 18.1 Å². The Balaban J connectivity index is 1.76. The van der Waals surface area contributed by atoms with E-state index in [0.29, 0.717) is 12.2 Å². The molecular weight excluding hydrogens is 502 g/mol. The topological polar surface area (TPSA) is 130 Å². The van der Waals surface area contributed by atoms with Crippen LogP contribution in [0.4, 0.5) is 5.95 Å². The third kappa shape index (κ3) is 5.89. The van der Waals surface area contributed by atoms with Gasteiger partial charge in [0, 0.05) is 20.6 Å². The minimum absolute atomic E-state index is 0.0563. The van der Waals surface area contributed by atoms with E-state index in [1.54, 1.807) is 22.1 Å². The summed E-state index contributed by atoms with van der Waals surface area (Å²) >= 11 is 0. The second-order valence-corrected chi connectivity index (χ2v) is 16.2. The Hall–Kier alpha value is -2.90. The van der Waals surface area contributed by atoms with Gasteiger partial charge in [0.15, 0.2) is 25.7 Å². The van der Waals surface area contributed by atoms with E-state index < -0.39 is 32.3 Å². The Morgan fingerprint density at radius 3 is 2.63 bits per heavy atom. The Kier molecular flexibility index (Phi) is 8.19. The van der Waals surface area contributed by atoms with Crippen LogP contribution in [0.25, 0.3) is 11.2 Å². The van der Waals surface area contributed by atoms with Crippen molar-refractivity contribution >= 4 is 31.8 Å². The van der Waals surface area contributed by atoms with Crippen LogP contribution in [0.15, 0.2) is 46.4 Å². The van der Waals surface area contributed by atoms with Gasteiger partial charge in [0.05, 0.1) is 25.3 Å². The summed E-state index contributed by atoms with van der Waals surface area (Å²) in [7, 11) is 1.38. The van der Waals surface area contributed by atoms with Gasteiger partial charge < -0.3 is 24.5 Å². The number of nitrogens with one attached hydrogen (secondary N) is 2. The normalized spacial score (nSPS) is 22.5. The number of hydrogen-bond acceptors (Lipinski definition) is 8. The first-order valence-electron chi connectivity index (χ1n) is 12.8. The molecule has 206 valence electrons. The molecule has 4 atom stereocenters. The molecule has 12 heteroatoms. The molecule has 11 nitrogen and oxygen atoms in total. The number of hydrogen-bond donors (Lipinski definition) is 3. The van der Waals surface area contributed by atoms with Gasteiger partial charge in [0.2, 0.25) is 5.95 Å². The number of nitrogens with zero attached hydrogens (tertiary/aromatic N) is 5. The molecule has 1 saturated heterocycles. The molecule has 0 radical (unpaired) electrons. The molecule has 3 aromatic rings. The molecule has 1 aliphatic rings. The molecule has 0 aliphatic carbocycles. The third-order valence-corrected chi connectivity index (χ3v) is 11.7. The molecule has 0 unspecified atom stereocenters. The van der Waals surface area contributed by atoms with Crippen LogP contribution in [0.3, 0.4) is 0 Å². The van der Waals surface area contributed by atoms with Crippen LogP contribution in [-0.2, 0) is 15.7 Å². The Labute approximate surface area is 224 Å². The number of H-pyrrole nitrogens is 1. The molecule has 1 aromatic carbocycles. The van der Waals surface area contributed by atoms with Crippen LogP contribution in [0.1, 0.15) is 32.6 Å². The highest BCUT2D eigenvalue weighted by molar-refractivity contribution is 6.74. The van der Waals surface area contributed by atoms with E-state index in [1.165, 1.54) is 0 Å². The molecular formula is C26H39N7O4Si. The lowest BCUT2D eigenvalue weighted by Gasteiger charge is -2.41. The maximum atomic E-state index is 12.8. The Morgan fingerprint density at radius 1 is 1.29 bits per heavy atom. The lowest BCUT2D eigenvalue weighted by atomic mass is 10.1. The van der Waals surface area contributed by atoms with E-state index in [9.17, 15) is 9.90 Å². The summed E-state index contributed by atoms with van der Waals surface area (Å²) < 4.78 is 15.1. The smallest absolute Gasteiger partial charge is 0.280 e. The third-order valence-electron chi connectivity index (χ3n) is 7.26. The van der Waals surface area contributed by atoms with Gasteiger partial charge in [-0.2, -0.15) is 4.98 Å². The maximum absolute atomic E-state index is 12.8. The number of aromatic amines is 1. The number of aromatic nitrogens is 4. The minimum Gasteiger partial charge on any atom is -0.408 e. The predicted molar refractivity (Wildman–Crippen MR) is 150 cm³/mol. The number of rotatable bonds is 9. The Morgan fingerprint density at radius 2 is 2.00 bits per heavy atom. The fourth-order valence-electron chi connectivity index (χ4n) is 4.17. The fraction of sp³-hybridized carbons (Fsp3) is 0.538.